The van der Waals surface area contributed by atoms with Crippen molar-refractivity contribution in [2.45, 2.75) is 12.5 Å². The second-order valence-electron chi connectivity index (χ2n) is 4.10. The van der Waals surface area contributed by atoms with Gasteiger partial charge in [-0.25, -0.2) is 0 Å². The zero-order chi connectivity index (χ0) is 13.1. The lowest BCUT2D eigenvalue weighted by molar-refractivity contribution is 0.722. The molecular formula is C14H12Cl3N. The van der Waals surface area contributed by atoms with Crippen LogP contribution in [0, 0.1) is 0 Å². The fourth-order valence-corrected chi connectivity index (χ4v) is 2.46. The molecular weight excluding hydrogens is 289 g/mol. The van der Waals surface area contributed by atoms with E-state index in [1.165, 1.54) is 0 Å². The summed E-state index contributed by atoms with van der Waals surface area (Å²) in [5.74, 6) is 0. The average molecular weight is 301 g/mol. The molecule has 0 aliphatic carbocycles. The lowest BCUT2D eigenvalue weighted by atomic mass is 10.00. The van der Waals surface area contributed by atoms with Crippen molar-refractivity contribution in [3.8, 4) is 0 Å². The van der Waals surface area contributed by atoms with Crippen molar-refractivity contribution in [2.24, 2.45) is 5.73 Å². The SMILES string of the molecule is NC(Cc1ccc(Cl)cc1Cl)c1cccc(Cl)c1. The Labute approximate surface area is 121 Å². The Balaban J connectivity index is 2.18. The average Bonchev–Trinajstić information content (AvgIpc) is 2.32. The largest absolute Gasteiger partial charge is 0.324 e. The molecule has 0 fully saturated rings. The Bertz CT molecular complexity index is 554. The topological polar surface area (TPSA) is 26.0 Å². The van der Waals surface area contributed by atoms with Gasteiger partial charge in [-0.1, -0.05) is 53.0 Å². The highest BCUT2D eigenvalue weighted by Crippen LogP contribution is 2.26. The molecule has 0 aromatic heterocycles. The predicted octanol–water partition coefficient (Wildman–Crippen LogP) is 4.89. The maximum Gasteiger partial charge on any atom is 0.0453 e. The molecule has 0 amide bonds. The smallest absolute Gasteiger partial charge is 0.0453 e. The highest BCUT2D eigenvalue weighted by molar-refractivity contribution is 6.35. The molecule has 0 bridgehead atoms. The van der Waals surface area contributed by atoms with Crippen LogP contribution in [0.1, 0.15) is 17.2 Å². The number of benzene rings is 2. The summed E-state index contributed by atoms with van der Waals surface area (Å²) in [5, 5.41) is 1.95. The highest BCUT2D eigenvalue weighted by atomic mass is 35.5. The first-order valence-electron chi connectivity index (χ1n) is 5.51. The summed E-state index contributed by atoms with van der Waals surface area (Å²) in [5.41, 5.74) is 8.13. The third-order valence-electron chi connectivity index (χ3n) is 2.73. The van der Waals surface area contributed by atoms with Crippen LogP contribution in [-0.4, -0.2) is 0 Å². The van der Waals surface area contributed by atoms with E-state index in [9.17, 15) is 0 Å². The minimum absolute atomic E-state index is 0.137. The molecule has 94 valence electrons. The molecule has 1 atom stereocenters. The van der Waals surface area contributed by atoms with Crippen molar-refractivity contribution in [3.05, 3.63) is 68.7 Å². The number of halogens is 3. The van der Waals surface area contributed by atoms with E-state index in [4.69, 9.17) is 40.5 Å². The molecule has 2 N–H and O–H groups in total. The van der Waals surface area contributed by atoms with Gasteiger partial charge in [0.05, 0.1) is 0 Å². The lowest BCUT2D eigenvalue weighted by Gasteiger charge is -2.13. The van der Waals surface area contributed by atoms with Crippen LogP contribution in [0.3, 0.4) is 0 Å². The first kappa shape index (κ1) is 13.7. The number of hydrogen-bond donors (Lipinski definition) is 1. The number of nitrogens with two attached hydrogens (primary N) is 1. The van der Waals surface area contributed by atoms with E-state index in [0.717, 1.165) is 11.1 Å². The minimum Gasteiger partial charge on any atom is -0.324 e. The number of rotatable bonds is 3. The van der Waals surface area contributed by atoms with Gasteiger partial charge < -0.3 is 5.73 Å². The Morgan fingerprint density at radius 3 is 2.33 bits per heavy atom. The van der Waals surface area contributed by atoms with Gasteiger partial charge in [0.15, 0.2) is 0 Å². The van der Waals surface area contributed by atoms with Gasteiger partial charge in [-0.05, 0) is 41.8 Å². The predicted molar refractivity (Wildman–Crippen MR) is 78.5 cm³/mol. The van der Waals surface area contributed by atoms with Crippen molar-refractivity contribution < 1.29 is 0 Å². The Morgan fingerprint density at radius 2 is 1.67 bits per heavy atom. The van der Waals surface area contributed by atoms with Crippen LogP contribution in [0.15, 0.2) is 42.5 Å². The molecule has 2 rings (SSSR count). The fourth-order valence-electron chi connectivity index (χ4n) is 1.78. The standard InChI is InChI=1S/C14H12Cl3N/c15-11-3-1-2-10(6-11)14(18)7-9-4-5-12(16)8-13(9)17/h1-6,8,14H,7,18H2. The van der Waals surface area contributed by atoms with Gasteiger partial charge in [0, 0.05) is 21.1 Å². The summed E-state index contributed by atoms with van der Waals surface area (Å²) in [6.45, 7) is 0. The maximum atomic E-state index is 6.15. The van der Waals surface area contributed by atoms with E-state index in [0.29, 0.717) is 21.5 Å². The van der Waals surface area contributed by atoms with Crippen molar-refractivity contribution in [2.75, 3.05) is 0 Å². The van der Waals surface area contributed by atoms with Crippen LogP contribution >= 0.6 is 34.8 Å². The van der Waals surface area contributed by atoms with Crippen molar-refractivity contribution in [1.29, 1.82) is 0 Å². The Morgan fingerprint density at radius 1 is 0.944 bits per heavy atom. The fraction of sp³-hybridized carbons (Fsp3) is 0.143. The molecule has 1 unspecified atom stereocenters. The van der Waals surface area contributed by atoms with Crippen LogP contribution in [0.25, 0.3) is 0 Å². The van der Waals surface area contributed by atoms with Crippen LogP contribution in [0.2, 0.25) is 15.1 Å². The molecule has 0 heterocycles. The first-order valence-corrected chi connectivity index (χ1v) is 6.64. The van der Waals surface area contributed by atoms with Gasteiger partial charge in [-0.3, -0.25) is 0 Å². The lowest BCUT2D eigenvalue weighted by Crippen LogP contribution is -2.13. The number of hydrogen-bond acceptors (Lipinski definition) is 1. The van der Waals surface area contributed by atoms with Gasteiger partial charge in [-0.15, -0.1) is 0 Å². The summed E-state index contributed by atoms with van der Waals surface area (Å²) in [4.78, 5) is 0. The van der Waals surface area contributed by atoms with Gasteiger partial charge in [-0.2, -0.15) is 0 Å². The molecule has 2 aromatic carbocycles. The van der Waals surface area contributed by atoms with E-state index in [-0.39, 0.29) is 6.04 Å². The van der Waals surface area contributed by atoms with Crippen LogP contribution < -0.4 is 5.73 Å². The highest BCUT2D eigenvalue weighted by Gasteiger charge is 2.10. The van der Waals surface area contributed by atoms with Crippen LogP contribution in [0.4, 0.5) is 0 Å². The normalized spacial score (nSPS) is 12.4. The third-order valence-corrected chi connectivity index (χ3v) is 3.55. The van der Waals surface area contributed by atoms with Crippen LogP contribution in [-0.2, 0) is 6.42 Å². The molecule has 0 saturated heterocycles. The summed E-state index contributed by atoms with van der Waals surface area (Å²) in [7, 11) is 0. The van der Waals surface area contributed by atoms with Gasteiger partial charge in [0.1, 0.15) is 0 Å². The molecule has 1 nitrogen and oxygen atoms in total. The molecule has 0 spiro atoms. The molecule has 2 aromatic rings. The van der Waals surface area contributed by atoms with Gasteiger partial charge in [0.25, 0.3) is 0 Å². The summed E-state index contributed by atoms with van der Waals surface area (Å²) in [6, 6.07) is 12.8. The Hall–Kier alpha value is -0.730. The van der Waals surface area contributed by atoms with Gasteiger partial charge in [0.2, 0.25) is 0 Å². The summed E-state index contributed by atoms with van der Waals surface area (Å²) < 4.78 is 0. The zero-order valence-electron chi connectivity index (χ0n) is 9.54. The van der Waals surface area contributed by atoms with Crippen molar-refractivity contribution in [3.63, 3.8) is 0 Å². The second kappa shape index (κ2) is 5.94. The van der Waals surface area contributed by atoms with E-state index in [1.807, 2.05) is 36.4 Å². The van der Waals surface area contributed by atoms with E-state index >= 15 is 0 Å². The quantitative estimate of drug-likeness (QED) is 0.858. The third kappa shape index (κ3) is 3.39. The van der Waals surface area contributed by atoms with E-state index in [1.54, 1.807) is 6.07 Å². The van der Waals surface area contributed by atoms with E-state index < -0.39 is 0 Å². The van der Waals surface area contributed by atoms with Crippen molar-refractivity contribution in [1.82, 2.24) is 0 Å². The minimum atomic E-state index is -0.137. The summed E-state index contributed by atoms with van der Waals surface area (Å²) >= 11 is 17.9. The molecule has 18 heavy (non-hydrogen) atoms. The zero-order valence-corrected chi connectivity index (χ0v) is 11.8. The second-order valence-corrected chi connectivity index (χ2v) is 5.38. The maximum absolute atomic E-state index is 6.15. The van der Waals surface area contributed by atoms with Gasteiger partial charge >= 0.3 is 0 Å². The van der Waals surface area contributed by atoms with Crippen molar-refractivity contribution >= 4 is 34.8 Å². The molecule has 0 aliphatic rings. The molecule has 0 aliphatic heterocycles. The van der Waals surface area contributed by atoms with Crippen LogP contribution in [0.5, 0.6) is 0 Å². The van der Waals surface area contributed by atoms with E-state index in [2.05, 4.69) is 0 Å². The molecule has 0 radical (unpaired) electrons. The Kier molecular flexibility index (Phi) is 4.52. The molecule has 0 saturated carbocycles. The first-order chi connectivity index (χ1) is 8.56. The summed E-state index contributed by atoms with van der Waals surface area (Å²) in [6.07, 6.45) is 0.649. The monoisotopic (exact) mass is 299 g/mol. The molecule has 4 heteroatoms.